The number of aliphatic hydroxyl groups excluding tert-OH is 1. The first-order valence-electron chi connectivity index (χ1n) is 8.80. The normalized spacial score (nSPS) is 19.0. The topological polar surface area (TPSA) is 45.8 Å². The fraction of sp³-hybridized carbons (Fsp3) is 0.500. The average Bonchev–Trinajstić information content (AvgIpc) is 3.20. The third-order valence-corrected chi connectivity index (χ3v) is 4.44. The Bertz CT molecular complexity index is 604. The van der Waals surface area contributed by atoms with Crippen LogP contribution in [0.5, 0.6) is 0 Å². The molecule has 130 valence electrons. The first-order chi connectivity index (χ1) is 11.7. The van der Waals surface area contributed by atoms with Crippen LogP contribution < -0.4 is 0 Å². The van der Waals surface area contributed by atoms with E-state index in [2.05, 4.69) is 17.0 Å². The highest BCUT2D eigenvalue weighted by Gasteiger charge is 2.22. The van der Waals surface area contributed by atoms with E-state index in [9.17, 15) is 5.11 Å². The van der Waals surface area contributed by atoms with E-state index in [1.54, 1.807) is 0 Å². The van der Waals surface area contributed by atoms with E-state index in [0.29, 0.717) is 19.5 Å². The molecule has 0 spiro atoms. The van der Waals surface area contributed by atoms with Crippen molar-refractivity contribution in [2.24, 2.45) is 0 Å². The number of hydrogen-bond donors (Lipinski definition) is 1. The highest BCUT2D eigenvalue weighted by Crippen LogP contribution is 2.17. The zero-order valence-corrected chi connectivity index (χ0v) is 14.4. The summed E-state index contributed by atoms with van der Waals surface area (Å²) in [6, 6.07) is 14.1. The summed E-state index contributed by atoms with van der Waals surface area (Å²) in [5.41, 5.74) is 1.16. The van der Waals surface area contributed by atoms with Gasteiger partial charge in [0.05, 0.1) is 18.8 Å². The Morgan fingerprint density at radius 2 is 2.04 bits per heavy atom. The average molecular weight is 329 g/mol. The summed E-state index contributed by atoms with van der Waals surface area (Å²) in [6.45, 7) is 4.97. The van der Waals surface area contributed by atoms with Gasteiger partial charge in [-0.1, -0.05) is 30.3 Å². The lowest BCUT2D eigenvalue weighted by Crippen LogP contribution is -2.38. The molecular formula is C20H27NO3. The largest absolute Gasteiger partial charge is 0.465 e. The Balaban J connectivity index is 1.59. The molecule has 2 unspecified atom stereocenters. The molecule has 0 amide bonds. The van der Waals surface area contributed by atoms with Crippen LogP contribution in [-0.4, -0.2) is 41.9 Å². The first kappa shape index (κ1) is 17.2. The molecule has 1 aromatic carbocycles. The summed E-state index contributed by atoms with van der Waals surface area (Å²) in [6.07, 6.45) is 2.77. The summed E-state index contributed by atoms with van der Waals surface area (Å²) < 4.78 is 11.5. The maximum absolute atomic E-state index is 10.5. The van der Waals surface area contributed by atoms with Gasteiger partial charge in [0.25, 0.3) is 0 Å². The van der Waals surface area contributed by atoms with Crippen LogP contribution in [0.4, 0.5) is 0 Å². The highest BCUT2D eigenvalue weighted by atomic mass is 16.5. The molecule has 1 aromatic heterocycles. The van der Waals surface area contributed by atoms with Gasteiger partial charge in [-0.25, -0.2) is 0 Å². The van der Waals surface area contributed by atoms with Gasteiger partial charge < -0.3 is 14.3 Å². The number of rotatable bonds is 8. The SMILES string of the molecule is Cc1ccc(CN(CC(O)Cc2ccccc2)CC2CCCO2)o1. The van der Waals surface area contributed by atoms with Crippen LogP contribution in [0.1, 0.15) is 29.9 Å². The molecule has 1 fully saturated rings. The second-order valence-electron chi connectivity index (χ2n) is 6.69. The lowest BCUT2D eigenvalue weighted by atomic mass is 10.1. The van der Waals surface area contributed by atoms with Crippen molar-refractivity contribution in [3.8, 4) is 0 Å². The van der Waals surface area contributed by atoms with Gasteiger partial charge in [-0.2, -0.15) is 0 Å². The molecule has 1 N–H and O–H groups in total. The van der Waals surface area contributed by atoms with E-state index in [4.69, 9.17) is 9.15 Å². The second-order valence-corrected chi connectivity index (χ2v) is 6.69. The summed E-state index contributed by atoms with van der Waals surface area (Å²) in [4.78, 5) is 2.25. The monoisotopic (exact) mass is 329 g/mol. The van der Waals surface area contributed by atoms with Crippen LogP contribution in [0.3, 0.4) is 0 Å². The van der Waals surface area contributed by atoms with Crippen molar-refractivity contribution in [1.82, 2.24) is 4.90 Å². The molecule has 2 aromatic rings. The summed E-state index contributed by atoms with van der Waals surface area (Å²) in [7, 11) is 0. The highest BCUT2D eigenvalue weighted by molar-refractivity contribution is 5.15. The molecule has 24 heavy (non-hydrogen) atoms. The number of benzene rings is 1. The molecule has 1 aliphatic rings. The van der Waals surface area contributed by atoms with Crippen molar-refractivity contribution < 1.29 is 14.3 Å². The molecule has 3 rings (SSSR count). The molecule has 0 aliphatic carbocycles. The van der Waals surface area contributed by atoms with Gasteiger partial charge in [0.1, 0.15) is 11.5 Å². The van der Waals surface area contributed by atoms with E-state index < -0.39 is 6.10 Å². The molecule has 0 saturated carbocycles. The number of hydrogen-bond acceptors (Lipinski definition) is 4. The maximum atomic E-state index is 10.5. The molecule has 1 aliphatic heterocycles. The predicted octanol–water partition coefficient (Wildman–Crippen LogP) is 3.17. The van der Waals surface area contributed by atoms with Crippen molar-refractivity contribution in [2.75, 3.05) is 19.7 Å². The number of ether oxygens (including phenoxy) is 1. The van der Waals surface area contributed by atoms with E-state index in [0.717, 1.165) is 43.1 Å². The fourth-order valence-electron chi connectivity index (χ4n) is 3.32. The van der Waals surface area contributed by atoms with Gasteiger partial charge >= 0.3 is 0 Å². The van der Waals surface area contributed by atoms with Crippen LogP contribution in [0, 0.1) is 6.92 Å². The number of furan rings is 1. The predicted molar refractivity (Wildman–Crippen MR) is 93.8 cm³/mol. The molecular weight excluding hydrogens is 302 g/mol. The van der Waals surface area contributed by atoms with Crippen LogP contribution in [0.25, 0.3) is 0 Å². The van der Waals surface area contributed by atoms with Crippen LogP contribution in [0.15, 0.2) is 46.9 Å². The van der Waals surface area contributed by atoms with Gasteiger partial charge in [-0.3, -0.25) is 4.90 Å². The molecule has 4 nitrogen and oxygen atoms in total. The van der Waals surface area contributed by atoms with Crippen LogP contribution >= 0.6 is 0 Å². The zero-order valence-electron chi connectivity index (χ0n) is 14.4. The Morgan fingerprint density at radius 3 is 2.71 bits per heavy atom. The van der Waals surface area contributed by atoms with Gasteiger partial charge in [-0.05, 0) is 43.9 Å². The van der Waals surface area contributed by atoms with E-state index in [1.807, 2.05) is 37.3 Å². The van der Waals surface area contributed by atoms with Crippen molar-refractivity contribution in [1.29, 1.82) is 0 Å². The quantitative estimate of drug-likeness (QED) is 0.808. The molecule has 2 heterocycles. The minimum absolute atomic E-state index is 0.269. The third-order valence-electron chi connectivity index (χ3n) is 4.44. The summed E-state index contributed by atoms with van der Waals surface area (Å²) in [5.74, 6) is 1.87. The lowest BCUT2D eigenvalue weighted by molar-refractivity contribution is 0.0437. The lowest BCUT2D eigenvalue weighted by Gasteiger charge is -2.26. The molecule has 2 atom stereocenters. The Kier molecular flexibility index (Phi) is 6.07. The summed E-state index contributed by atoms with van der Waals surface area (Å²) >= 11 is 0. The number of aryl methyl sites for hydroxylation is 1. The fourth-order valence-corrected chi connectivity index (χ4v) is 3.32. The maximum Gasteiger partial charge on any atom is 0.118 e. The van der Waals surface area contributed by atoms with Crippen molar-refractivity contribution in [3.05, 3.63) is 59.5 Å². The molecule has 0 radical (unpaired) electrons. The Labute approximate surface area is 144 Å². The van der Waals surface area contributed by atoms with Gasteiger partial charge in [0.15, 0.2) is 0 Å². The second kappa shape index (κ2) is 8.47. The Morgan fingerprint density at radius 1 is 1.21 bits per heavy atom. The number of aliphatic hydroxyl groups is 1. The van der Waals surface area contributed by atoms with Gasteiger partial charge in [-0.15, -0.1) is 0 Å². The van der Waals surface area contributed by atoms with Crippen molar-refractivity contribution in [2.45, 2.75) is 44.9 Å². The van der Waals surface area contributed by atoms with Gasteiger partial charge in [0.2, 0.25) is 0 Å². The van der Waals surface area contributed by atoms with Gasteiger partial charge in [0, 0.05) is 19.7 Å². The molecule has 4 heteroatoms. The third kappa shape index (κ3) is 5.20. The smallest absolute Gasteiger partial charge is 0.118 e. The van der Waals surface area contributed by atoms with E-state index in [1.165, 1.54) is 0 Å². The van der Waals surface area contributed by atoms with E-state index >= 15 is 0 Å². The Hall–Kier alpha value is -1.62. The zero-order chi connectivity index (χ0) is 16.8. The van der Waals surface area contributed by atoms with E-state index in [-0.39, 0.29) is 6.10 Å². The first-order valence-corrected chi connectivity index (χ1v) is 8.80. The molecule has 0 bridgehead atoms. The summed E-state index contributed by atoms with van der Waals surface area (Å²) in [5, 5.41) is 10.5. The van der Waals surface area contributed by atoms with Crippen LogP contribution in [0.2, 0.25) is 0 Å². The number of nitrogens with zero attached hydrogens (tertiary/aromatic N) is 1. The van der Waals surface area contributed by atoms with Crippen molar-refractivity contribution in [3.63, 3.8) is 0 Å². The van der Waals surface area contributed by atoms with Crippen molar-refractivity contribution >= 4 is 0 Å². The standard InChI is InChI=1S/C20H27NO3/c1-16-9-10-20(24-16)15-21(14-19-8-5-11-23-19)13-18(22)12-17-6-3-2-4-7-17/h2-4,6-7,9-10,18-19,22H,5,8,11-15H2,1H3. The molecule has 1 saturated heterocycles. The minimum Gasteiger partial charge on any atom is -0.465 e. The van der Waals surface area contributed by atoms with Crippen LogP contribution in [-0.2, 0) is 17.7 Å². The minimum atomic E-state index is -0.398.